The van der Waals surface area contributed by atoms with E-state index in [2.05, 4.69) is 21.2 Å². The number of halogens is 2. The number of rotatable bonds is 6. The second-order valence-corrected chi connectivity index (χ2v) is 6.83. The van der Waals surface area contributed by atoms with Gasteiger partial charge in [0.15, 0.2) is 0 Å². The van der Waals surface area contributed by atoms with Crippen molar-refractivity contribution in [3.63, 3.8) is 0 Å². The molecule has 3 nitrogen and oxygen atoms in total. The lowest BCUT2D eigenvalue weighted by molar-refractivity contribution is -0.119. The van der Waals surface area contributed by atoms with Gasteiger partial charge in [0.2, 0.25) is 5.91 Å². The third kappa shape index (κ3) is 5.25. The van der Waals surface area contributed by atoms with E-state index in [-0.39, 0.29) is 23.5 Å². The maximum absolute atomic E-state index is 12.8. The Morgan fingerprint density at radius 2 is 2.00 bits per heavy atom. The Morgan fingerprint density at radius 1 is 1.30 bits per heavy atom. The highest BCUT2D eigenvalue weighted by Crippen LogP contribution is 2.28. The maximum atomic E-state index is 12.8. The van der Waals surface area contributed by atoms with Gasteiger partial charge in [-0.3, -0.25) is 4.79 Å². The number of thioether (sulfide) groups is 1. The van der Waals surface area contributed by atoms with E-state index in [1.165, 1.54) is 23.9 Å². The number of carbonyl (C=O) groups excluding carboxylic acids is 1. The molecule has 1 N–H and O–H groups in total. The molecule has 0 aliphatic carbocycles. The molecule has 0 aromatic heterocycles. The lowest BCUT2D eigenvalue weighted by Gasteiger charge is -2.15. The average molecular weight is 398 g/mol. The molecule has 0 aliphatic heterocycles. The van der Waals surface area contributed by atoms with Crippen LogP contribution < -0.4 is 10.1 Å². The van der Waals surface area contributed by atoms with Gasteiger partial charge in [-0.15, -0.1) is 11.8 Å². The molecule has 6 heteroatoms. The van der Waals surface area contributed by atoms with Crippen LogP contribution in [-0.4, -0.2) is 18.8 Å². The van der Waals surface area contributed by atoms with Gasteiger partial charge in [0.05, 0.1) is 23.4 Å². The predicted octanol–water partition coefficient (Wildman–Crippen LogP) is 4.57. The van der Waals surface area contributed by atoms with Crippen LogP contribution in [0.4, 0.5) is 4.39 Å². The van der Waals surface area contributed by atoms with Gasteiger partial charge in [0, 0.05) is 4.90 Å². The summed E-state index contributed by atoms with van der Waals surface area (Å²) in [5.74, 6) is 0.684. The maximum Gasteiger partial charge on any atom is 0.230 e. The van der Waals surface area contributed by atoms with E-state index >= 15 is 0 Å². The average Bonchev–Trinajstić information content (AvgIpc) is 2.54. The van der Waals surface area contributed by atoms with Crippen molar-refractivity contribution in [2.24, 2.45) is 0 Å². The molecule has 0 aliphatic rings. The van der Waals surface area contributed by atoms with Crippen LogP contribution in [0.1, 0.15) is 18.5 Å². The van der Waals surface area contributed by atoms with Crippen LogP contribution in [0, 0.1) is 5.82 Å². The Hall–Kier alpha value is -1.53. The number of nitrogens with one attached hydrogen (secondary N) is 1. The van der Waals surface area contributed by atoms with Gasteiger partial charge >= 0.3 is 0 Å². The second-order valence-electron chi connectivity index (χ2n) is 4.93. The van der Waals surface area contributed by atoms with Crippen LogP contribution in [0.2, 0.25) is 0 Å². The molecule has 0 unspecified atom stereocenters. The number of hydrogen-bond acceptors (Lipinski definition) is 3. The van der Waals surface area contributed by atoms with Gasteiger partial charge < -0.3 is 10.1 Å². The predicted molar refractivity (Wildman–Crippen MR) is 94.4 cm³/mol. The first-order valence-electron chi connectivity index (χ1n) is 7.00. The molecule has 0 radical (unpaired) electrons. The zero-order chi connectivity index (χ0) is 16.8. The van der Waals surface area contributed by atoms with Crippen molar-refractivity contribution in [1.82, 2.24) is 5.32 Å². The molecule has 0 saturated heterocycles. The summed E-state index contributed by atoms with van der Waals surface area (Å²) < 4.78 is 18.9. The lowest BCUT2D eigenvalue weighted by atomic mass is 10.1. The number of hydrogen-bond donors (Lipinski definition) is 1. The minimum absolute atomic E-state index is 0.0706. The highest BCUT2D eigenvalue weighted by Gasteiger charge is 2.12. The third-order valence-corrected chi connectivity index (χ3v) is 4.87. The lowest BCUT2D eigenvalue weighted by Crippen LogP contribution is -2.28. The topological polar surface area (TPSA) is 38.3 Å². The first kappa shape index (κ1) is 17.8. The molecular formula is C17H17BrFNO2S. The normalized spacial score (nSPS) is 11.8. The Balaban J connectivity index is 1.89. The molecule has 0 bridgehead atoms. The van der Waals surface area contributed by atoms with Crippen molar-refractivity contribution in [2.45, 2.75) is 17.9 Å². The van der Waals surface area contributed by atoms with Crippen molar-refractivity contribution in [3.8, 4) is 5.75 Å². The fraction of sp³-hybridized carbons (Fsp3) is 0.235. The first-order chi connectivity index (χ1) is 11.0. The summed E-state index contributed by atoms with van der Waals surface area (Å²) in [6.45, 7) is 1.93. The van der Waals surface area contributed by atoms with Crippen molar-refractivity contribution < 1.29 is 13.9 Å². The number of ether oxygens (including phenoxy) is 1. The molecule has 2 aromatic rings. The van der Waals surface area contributed by atoms with Gasteiger partial charge in [-0.2, -0.15) is 0 Å². The Labute approximate surface area is 147 Å². The summed E-state index contributed by atoms with van der Waals surface area (Å²) in [6.07, 6.45) is 0. The van der Waals surface area contributed by atoms with E-state index in [1.807, 2.05) is 25.1 Å². The molecule has 2 rings (SSSR count). The number of carbonyl (C=O) groups is 1. The molecule has 0 heterocycles. The molecule has 0 fully saturated rings. The quantitative estimate of drug-likeness (QED) is 0.725. The van der Waals surface area contributed by atoms with Crippen molar-refractivity contribution in [2.75, 3.05) is 12.9 Å². The van der Waals surface area contributed by atoms with Gasteiger partial charge in [0.1, 0.15) is 11.6 Å². The molecule has 23 heavy (non-hydrogen) atoms. The SMILES string of the molecule is COc1ccc([C@@H](C)NC(=O)CSc2ccc(F)cc2)cc1Br. The van der Waals surface area contributed by atoms with Crippen LogP contribution in [0.3, 0.4) is 0 Å². The minimum Gasteiger partial charge on any atom is -0.496 e. The molecule has 1 amide bonds. The zero-order valence-electron chi connectivity index (χ0n) is 12.8. The molecule has 1 atom stereocenters. The van der Waals surface area contributed by atoms with E-state index in [0.29, 0.717) is 0 Å². The third-order valence-electron chi connectivity index (χ3n) is 3.24. The van der Waals surface area contributed by atoms with Crippen LogP contribution in [0.25, 0.3) is 0 Å². The summed E-state index contributed by atoms with van der Waals surface area (Å²) in [6, 6.07) is 11.7. The van der Waals surface area contributed by atoms with E-state index in [4.69, 9.17) is 4.74 Å². The van der Waals surface area contributed by atoms with E-state index in [1.54, 1.807) is 19.2 Å². The van der Waals surface area contributed by atoms with Gasteiger partial charge in [-0.1, -0.05) is 6.07 Å². The largest absolute Gasteiger partial charge is 0.496 e. The highest BCUT2D eigenvalue weighted by atomic mass is 79.9. The van der Waals surface area contributed by atoms with Crippen LogP contribution in [0.15, 0.2) is 51.8 Å². The first-order valence-corrected chi connectivity index (χ1v) is 8.78. The molecule has 2 aromatic carbocycles. The van der Waals surface area contributed by atoms with Crippen LogP contribution in [-0.2, 0) is 4.79 Å². The molecule has 0 spiro atoms. The van der Waals surface area contributed by atoms with E-state index in [9.17, 15) is 9.18 Å². The standard InChI is InChI=1S/C17H17BrFNO2S/c1-11(12-3-8-16(22-2)15(18)9-12)20-17(21)10-23-14-6-4-13(19)5-7-14/h3-9,11H,10H2,1-2H3,(H,20,21)/t11-/m1/s1. The smallest absolute Gasteiger partial charge is 0.230 e. The zero-order valence-corrected chi connectivity index (χ0v) is 15.2. The number of amides is 1. The summed E-state index contributed by atoms with van der Waals surface area (Å²) in [4.78, 5) is 12.9. The highest BCUT2D eigenvalue weighted by molar-refractivity contribution is 9.10. The summed E-state index contributed by atoms with van der Waals surface area (Å²) in [5.41, 5.74) is 0.984. The number of benzene rings is 2. The fourth-order valence-corrected chi connectivity index (χ4v) is 3.27. The van der Waals surface area contributed by atoms with Crippen molar-refractivity contribution in [3.05, 3.63) is 58.3 Å². The minimum atomic E-state index is -0.280. The van der Waals surface area contributed by atoms with Crippen molar-refractivity contribution in [1.29, 1.82) is 0 Å². The Morgan fingerprint density at radius 3 is 2.61 bits per heavy atom. The van der Waals surface area contributed by atoms with Gasteiger partial charge in [0.25, 0.3) is 0 Å². The number of methoxy groups -OCH3 is 1. The van der Waals surface area contributed by atoms with E-state index in [0.717, 1.165) is 20.7 Å². The summed E-state index contributed by atoms with van der Waals surface area (Å²) in [5, 5.41) is 2.95. The summed E-state index contributed by atoms with van der Waals surface area (Å²) in [7, 11) is 1.61. The van der Waals surface area contributed by atoms with Crippen LogP contribution in [0.5, 0.6) is 5.75 Å². The van der Waals surface area contributed by atoms with Crippen molar-refractivity contribution >= 4 is 33.6 Å². The molecule has 0 saturated carbocycles. The monoisotopic (exact) mass is 397 g/mol. The fourth-order valence-electron chi connectivity index (χ4n) is 2.00. The van der Waals surface area contributed by atoms with E-state index < -0.39 is 0 Å². The Kier molecular flexibility index (Phi) is 6.47. The second kappa shape index (κ2) is 8.36. The van der Waals surface area contributed by atoms with Crippen LogP contribution >= 0.6 is 27.7 Å². The molecular weight excluding hydrogens is 381 g/mol. The summed E-state index contributed by atoms with van der Waals surface area (Å²) >= 11 is 4.81. The Bertz CT molecular complexity index is 679. The van der Waals surface area contributed by atoms with Gasteiger partial charge in [-0.25, -0.2) is 4.39 Å². The molecule has 122 valence electrons. The van der Waals surface area contributed by atoms with Gasteiger partial charge in [-0.05, 0) is 64.8 Å².